The second-order valence-corrected chi connectivity index (χ2v) is 6.34. The topological polar surface area (TPSA) is 91.3 Å². The Balaban J connectivity index is 1.84. The van der Waals surface area contributed by atoms with E-state index in [4.69, 9.17) is 5.11 Å². The van der Waals surface area contributed by atoms with Gasteiger partial charge >= 0.3 is 12.0 Å². The summed E-state index contributed by atoms with van der Waals surface area (Å²) >= 11 is 1.52. The first-order valence-electron chi connectivity index (χ1n) is 7.36. The van der Waals surface area contributed by atoms with Crippen LogP contribution < -0.4 is 10.6 Å². The van der Waals surface area contributed by atoms with Crippen LogP contribution in [0, 0.1) is 5.92 Å². The molecule has 0 spiro atoms. The van der Waals surface area contributed by atoms with Crippen LogP contribution in [-0.2, 0) is 17.6 Å². The molecule has 1 unspecified atom stereocenters. The van der Waals surface area contributed by atoms with E-state index >= 15 is 0 Å². The molecule has 1 aromatic rings. The molecule has 0 radical (unpaired) electrons. The number of urea groups is 1. The molecular formula is C14H21N3O3S. The van der Waals surface area contributed by atoms with E-state index in [-0.39, 0.29) is 12.6 Å². The molecule has 116 valence electrons. The third kappa shape index (κ3) is 4.42. The highest BCUT2D eigenvalue weighted by Gasteiger charge is 2.19. The van der Waals surface area contributed by atoms with Gasteiger partial charge in [-0.1, -0.05) is 13.3 Å². The van der Waals surface area contributed by atoms with Crippen LogP contribution in [-0.4, -0.2) is 28.6 Å². The van der Waals surface area contributed by atoms with E-state index in [9.17, 15) is 9.59 Å². The van der Waals surface area contributed by atoms with Crippen molar-refractivity contribution in [3.05, 3.63) is 10.6 Å². The Hall–Kier alpha value is -1.63. The van der Waals surface area contributed by atoms with Crippen LogP contribution in [0.15, 0.2) is 0 Å². The average molecular weight is 311 g/mol. The number of aliphatic carboxylic acids is 1. The van der Waals surface area contributed by atoms with Gasteiger partial charge in [-0.15, -0.1) is 11.3 Å². The van der Waals surface area contributed by atoms with Crippen LogP contribution in [0.4, 0.5) is 9.93 Å². The third-order valence-electron chi connectivity index (χ3n) is 3.56. The zero-order chi connectivity index (χ0) is 15.2. The van der Waals surface area contributed by atoms with Crippen molar-refractivity contribution in [2.45, 2.75) is 45.4 Å². The van der Waals surface area contributed by atoms with Gasteiger partial charge in [-0.25, -0.2) is 9.78 Å². The molecule has 1 aliphatic rings. The standard InChI is InChI=1S/C14H21N3O3S/c1-2-5-9(12(18)19)8-15-13(20)17-14-16-10-6-3-4-7-11(10)21-14/h9H,2-8H2,1H3,(H,18,19)(H2,15,16,17,20). The highest BCUT2D eigenvalue weighted by atomic mass is 32.1. The van der Waals surface area contributed by atoms with Crippen LogP contribution in [0.1, 0.15) is 43.2 Å². The molecule has 7 heteroatoms. The van der Waals surface area contributed by atoms with Crippen molar-refractivity contribution in [1.82, 2.24) is 10.3 Å². The lowest BCUT2D eigenvalue weighted by Gasteiger charge is -2.12. The van der Waals surface area contributed by atoms with Crippen LogP contribution in [0.25, 0.3) is 0 Å². The highest BCUT2D eigenvalue weighted by Crippen LogP contribution is 2.29. The van der Waals surface area contributed by atoms with E-state index in [1.165, 1.54) is 22.6 Å². The number of thiazole rings is 1. The Morgan fingerprint density at radius 2 is 2.14 bits per heavy atom. The SMILES string of the molecule is CCCC(CNC(=O)Nc1nc2c(s1)CCCC2)C(=O)O. The zero-order valence-corrected chi connectivity index (χ0v) is 13.0. The molecule has 0 bridgehead atoms. The number of nitrogens with one attached hydrogen (secondary N) is 2. The Kier molecular flexibility index (Phi) is 5.55. The molecule has 1 aromatic heterocycles. The normalized spacial score (nSPS) is 15.1. The van der Waals surface area contributed by atoms with Gasteiger partial charge in [-0.3, -0.25) is 10.1 Å². The second-order valence-electron chi connectivity index (χ2n) is 5.25. The molecule has 0 aromatic carbocycles. The fourth-order valence-electron chi connectivity index (χ4n) is 2.42. The van der Waals surface area contributed by atoms with E-state index in [0.29, 0.717) is 11.6 Å². The van der Waals surface area contributed by atoms with E-state index in [1.54, 1.807) is 0 Å². The summed E-state index contributed by atoms with van der Waals surface area (Å²) in [5, 5.41) is 14.9. The third-order valence-corrected chi connectivity index (χ3v) is 4.63. The maximum absolute atomic E-state index is 11.8. The molecule has 1 heterocycles. The molecule has 21 heavy (non-hydrogen) atoms. The molecule has 0 saturated carbocycles. The minimum Gasteiger partial charge on any atom is -0.481 e. The number of amides is 2. The van der Waals surface area contributed by atoms with Crippen LogP contribution in [0.2, 0.25) is 0 Å². The first-order valence-corrected chi connectivity index (χ1v) is 8.18. The van der Waals surface area contributed by atoms with E-state index < -0.39 is 11.9 Å². The summed E-state index contributed by atoms with van der Waals surface area (Å²) in [7, 11) is 0. The van der Waals surface area contributed by atoms with E-state index in [2.05, 4.69) is 15.6 Å². The first kappa shape index (κ1) is 15.8. The summed E-state index contributed by atoms with van der Waals surface area (Å²) in [6, 6.07) is -0.386. The number of anilines is 1. The van der Waals surface area contributed by atoms with Crippen LogP contribution >= 0.6 is 11.3 Å². The largest absolute Gasteiger partial charge is 0.481 e. The maximum Gasteiger partial charge on any atom is 0.321 e. The summed E-state index contributed by atoms with van der Waals surface area (Å²) in [6.07, 6.45) is 5.68. The lowest BCUT2D eigenvalue weighted by molar-refractivity contribution is -0.141. The van der Waals surface area contributed by atoms with Gasteiger partial charge in [0.1, 0.15) is 0 Å². The summed E-state index contributed by atoms with van der Waals surface area (Å²) in [5.41, 5.74) is 1.09. The summed E-state index contributed by atoms with van der Waals surface area (Å²) in [5.74, 6) is -1.41. The fraction of sp³-hybridized carbons (Fsp3) is 0.643. The van der Waals surface area contributed by atoms with Gasteiger partial charge in [0, 0.05) is 11.4 Å². The monoisotopic (exact) mass is 311 g/mol. The quantitative estimate of drug-likeness (QED) is 0.753. The van der Waals surface area contributed by atoms with Crippen molar-refractivity contribution in [3.8, 4) is 0 Å². The van der Waals surface area contributed by atoms with Crippen molar-refractivity contribution in [1.29, 1.82) is 0 Å². The molecule has 2 rings (SSSR count). The van der Waals surface area contributed by atoms with Gasteiger partial charge in [-0.05, 0) is 32.1 Å². The predicted molar refractivity (Wildman–Crippen MR) is 81.8 cm³/mol. The summed E-state index contributed by atoms with van der Waals surface area (Å²) < 4.78 is 0. The number of fused-ring (bicyclic) bond motifs is 1. The number of nitrogens with zero attached hydrogens (tertiary/aromatic N) is 1. The lowest BCUT2D eigenvalue weighted by atomic mass is 10.0. The number of hydrogen-bond donors (Lipinski definition) is 3. The molecule has 1 aliphatic carbocycles. The minimum atomic E-state index is -0.873. The van der Waals surface area contributed by atoms with Crippen LogP contribution in [0.5, 0.6) is 0 Å². The highest BCUT2D eigenvalue weighted by molar-refractivity contribution is 7.15. The minimum absolute atomic E-state index is 0.139. The molecular weight excluding hydrogens is 290 g/mol. The number of carbonyl (C=O) groups is 2. The van der Waals surface area contributed by atoms with E-state index in [0.717, 1.165) is 31.4 Å². The van der Waals surface area contributed by atoms with Crippen LogP contribution in [0.3, 0.4) is 0 Å². The number of aryl methyl sites for hydroxylation is 2. The van der Waals surface area contributed by atoms with Crippen molar-refractivity contribution >= 4 is 28.5 Å². The molecule has 0 fully saturated rings. The molecule has 3 N–H and O–H groups in total. The summed E-state index contributed by atoms with van der Waals surface area (Å²) in [6.45, 7) is 2.07. The number of hydrogen-bond acceptors (Lipinski definition) is 4. The predicted octanol–water partition coefficient (Wildman–Crippen LogP) is 2.64. The molecule has 0 aliphatic heterocycles. The number of carbonyl (C=O) groups excluding carboxylic acids is 1. The van der Waals surface area contributed by atoms with Gasteiger partial charge in [0.2, 0.25) is 0 Å². The average Bonchev–Trinajstić information content (AvgIpc) is 2.85. The van der Waals surface area contributed by atoms with Crippen molar-refractivity contribution in [3.63, 3.8) is 0 Å². The Morgan fingerprint density at radius 1 is 1.38 bits per heavy atom. The van der Waals surface area contributed by atoms with Gasteiger partial charge in [0.15, 0.2) is 5.13 Å². The smallest absolute Gasteiger partial charge is 0.321 e. The Labute approximate surface area is 128 Å². The van der Waals surface area contributed by atoms with Crippen molar-refractivity contribution in [2.24, 2.45) is 5.92 Å². The van der Waals surface area contributed by atoms with Gasteiger partial charge in [0.25, 0.3) is 0 Å². The van der Waals surface area contributed by atoms with Gasteiger partial charge < -0.3 is 10.4 Å². The Bertz CT molecular complexity index is 492. The van der Waals surface area contributed by atoms with E-state index in [1.807, 2.05) is 6.92 Å². The number of carboxylic acids is 1. The second kappa shape index (κ2) is 7.40. The summed E-state index contributed by atoms with van der Waals surface area (Å²) in [4.78, 5) is 28.5. The number of carboxylic acid groups (broad SMARTS) is 1. The number of aromatic nitrogens is 1. The van der Waals surface area contributed by atoms with Gasteiger partial charge in [-0.2, -0.15) is 0 Å². The maximum atomic E-state index is 11.8. The molecule has 0 saturated heterocycles. The van der Waals surface area contributed by atoms with Crippen molar-refractivity contribution < 1.29 is 14.7 Å². The van der Waals surface area contributed by atoms with Gasteiger partial charge in [0.05, 0.1) is 11.6 Å². The zero-order valence-electron chi connectivity index (χ0n) is 12.1. The molecule has 1 atom stereocenters. The first-order chi connectivity index (χ1) is 10.1. The fourth-order valence-corrected chi connectivity index (χ4v) is 3.47. The number of rotatable bonds is 6. The molecule has 6 nitrogen and oxygen atoms in total. The lowest BCUT2D eigenvalue weighted by Crippen LogP contribution is -2.35. The Morgan fingerprint density at radius 3 is 2.81 bits per heavy atom. The molecule has 2 amide bonds. The van der Waals surface area contributed by atoms with Crippen molar-refractivity contribution in [2.75, 3.05) is 11.9 Å².